The molecule has 0 aromatic carbocycles. The van der Waals surface area contributed by atoms with Gasteiger partial charge in [-0.05, 0) is 25.3 Å². The molecule has 5 nitrogen and oxygen atoms in total. The first kappa shape index (κ1) is 12.1. The van der Waals surface area contributed by atoms with Crippen LogP contribution >= 0.6 is 0 Å². The fourth-order valence-electron chi connectivity index (χ4n) is 2.34. The third-order valence-electron chi connectivity index (χ3n) is 3.28. The fourth-order valence-corrected chi connectivity index (χ4v) is 2.34. The number of carbonyl (C=O) groups is 1. The lowest BCUT2D eigenvalue weighted by molar-refractivity contribution is -0.132. The molecule has 1 saturated heterocycles. The van der Waals surface area contributed by atoms with Crippen LogP contribution < -0.4 is 0 Å². The van der Waals surface area contributed by atoms with Crippen molar-refractivity contribution in [3.05, 3.63) is 18.0 Å². The summed E-state index contributed by atoms with van der Waals surface area (Å²) in [6.07, 6.45) is 4.90. The highest BCUT2D eigenvalue weighted by molar-refractivity contribution is 5.76. The van der Waals surface area contributed by atoms with Gasteiger partial charge in [-0.15, -0.1) is 0 Å². The van der Waals surface area contributed by atoms with Crippen molar-refractivity contribution in [1.82, 2.24) is 15.1 Å². The number of likely N-dealkylation sites (tertiary alicyclic amines) is 1. The lowest BCUT2D eigenvalue weighted by atomic mass is 9.94. The van der Waals surface area contributed by atoms with Gasteiger partial charge in [-0.1, -0.05) is 0 Å². The highest BCUT2D eigenvalue weighted by atomic mass is 16.3. The van der Waals surface area contributed by atoms with Gasteiger partial charge in [-0.3, -0.25) is 9.89 Å². The van der Waals surface area contributed by atoms with E-state index >= 15 is 0 Å². The molecular formula is C12H19N3O2. The van der Waals surface area contributed by atoms with Gasteiger partial charge in [0.25, 0.3) is 0 Å². The summed E-state index contributed by atoms with van der Waals surface area (Å²) in [6, 6.07) is 1.98. The van der Waals surface area contributed by atoms with Crippen LogP contribution in [-0.4, -0.2) is 45.8 Å². The summed E-state index contributed by atoms with van der Waals surface area (Å²) in [5.74, 6) is 0.535. The third-order valence-corrected chi connectivity index (χ3v) is 3.28. The van der Waals surface area contributed by atoms with Crippen LogP contribution in [0, 0.1) is 0 Å². The highest BCUT2D eigenvalue weighted by Crippen LogP contribution is 2.25. The minimum absolute atomic E-state index is 0.0869. The predicted molar refractivity (Wildman–Crippen MR) is 63.5 cm³/mol. The summed E-state index contributed by atoms with van der Waals surface area (Å²) in [7, 11) is 0. The topological polar surface area (TPSA) is 69.2 Å². The van der Waals surface area contributed by atoms with E-state index in [1.807, 2.05) is 11.0 Å². The van der Waals surface area contributed by atoms with Crippen molar-refractivity contribution < 1.29 is 9.90 Å². The molecule has 94 valence electrons. The van der Waals surface area contributed by atoms with Crippen molar-refractivity contribution in [3.8, 4) is 0 Å². The molecule has 2 heterocycles. The monoisotopic (exact) mass is 237 g/mol. The Morgan fingerprint density at radius 3 is 3.24 bits per heavy atom. The van der Waals surface area contributed by atoms with E-state index in [0.29, 0.717) is 18.8 Å². The molecule has 1 aromatic rings. The van der Waals surface area contributed by atoms with Gasteiger partial charge in [-0.2, -0.15) is 5.10 Å². The Kier molecular flexibility index (Phi) is 4.14. The van der Waals surface area contributed by atoms with Crippen LogP contribution in [0.2, 0.25) is 0 Å². The summed E-state index contributed by atoms with van der Waals surface area (Å²) in [6.45, 7) is 1.70. The number of amides is 1. The largest absolute Gasteiger partial charge is 0.396 e. The lowest BCUT2D eigenvalue weighted by Crippen LogP contribution is -2.39. The number of carbonyl (C=O) groups excluding carboxylic acids is 1. The first-order valence-electron chi connectivity index (χ1n) is 6.19. The van der Waals surface area contributed by atoms with Crippen molar-refractivity contribution in [2.24, 2.45) is 0 Å². The Hall–Kier alpha value is -1.36. The van der Waals surface area contributed by atoms with Crippen LogP contribution in [0.25, 0.3) is 0 Å². The standard InChI is InChI=1S/C12H19N3O2/c16-8-2-4-12(17)15-7-1-3-10(9-15)11-5-6-13-14-11/h5-6,10,16H,1-4,7-9H2,(H,13,14). The van der Waals surface area contributed by atoms with Crippen molar-refractivity contribution in [2.75, 3.05) is 19.7 Å². The summed E-state index contributed by atoms with van der Waals surface area (Å²) >= 11 is 0. The van der Waals surface area contributed by atoms with E-state index in [4.69, 9.17) is 5.11 Å². The summed E-state index contributed by atoms with van der Waals surface area (Å²) in [5.41, 5.74) is 1.12. The zero-order valence-electron chi connectivity index (χ0n) is 9.93. The zero-order chi connectivity index (χ0) is 12.1. The van der Waals surface area contributed by atoms with E-state index < -0.39 is 0 Å². The van der Waals surface area contributed by atoms with E-state index in [1.54, 1.807) is 6.20 Å². The normalized spacial score (nSPS) is 20.5. The molecule has 1 fully saturated rings. The van der Waals surface area contributed by atoms with Gasteiger partial charge >= 0.3 is 0 Å². The molecule has 5 heteroatoms. The maximum atomic E-state index is 11.9. The van der Waals surface area contributed by atoms with Gasteiger partial charge in [0.05, 0.1) is 0 Å². The molecule has 2 rings (SSSR count). The van der Waals surface area contributed by atoms with Crippen LogP contribution in [0.1, 0.15) is 37.3 Å². The molecule has 1 aliphatic heterocycles. The second-order valence-electron chi connectivity index (χ2n) is 4.52. The quantitative estimate of drug-likeness (QED) is 0.817. The molecule has 0 radical (unpaired) electrons. The van der Waals surface area contributed by atoms with Crippen LogP contribution in [0.5, 0.6) is 0 Å². The number of nitrogens with zero attached hydrogens (tertiary/aromatic N) is 2. The first-order chi connectivity index (χ1) is 8.31. The molecule has 1 unspecified atom stereocenters. The Balaban J connectivity index is 1.90. The Labute approximate surface area is 101 Å². The van der Waals surface area contributed by atoms with Gasteiger partial charge in [0, 0.05) is 43.9 Å². The van der Waals surface area contributed by atoms with E-state index in [9.17, 15) is 4.79 Å². The van der Waals surface area contributed by atoms with Crippen molar-refractivity contribution in [3.63, 3.8) is 0 Å². The Morgan fingerprint density at radius 1 is 1.65 bits per heavy atom. The second kappa shape index (κ2) is 5.82. The zero-order valence-corrected chi connectivity index (χ0v) is 9.93. The lowest BCUT2D eigenvalue weighted by Gasteiger charge is -2.32. The minimum Gasteiger partial charge on any atom is -0.396 e. The van der Waals surface area contributed by atoms with Gasteiger partial charge in [0.2, 0.25) is 5.91 Å². The molecule has 1 aliphatic rings. The third kappa shape index (κ3) is 3.06. The van der Waals surface area contributed by atoms with E-state index in [2.05, 4.69) is 10.2 Å². The van der Waals surface area contributed by atoms with E-state index in [0.717, 1.165) is 31.6 Å². The Bertz CT molecular complexity index is 351. The van der Waals surface area contributed by atoms with Gasteiger partial charge in [-0.25, -0.2) is 0 Å². The van der Waals surface area contributed by atoms with Crippen LogP contribution in [0.15, 0.2) is 12.3 Å². The smallest absolute Gasteiger partial charge is 0.222 e. The number of piperidine rings is 1. The predicted octanol–water partition coefficient (Wildman–Crippen LogP) is 0.888. The number of aliphatic hydroxyl groups is 1. The minimum atomic E-state index is 0.0869. The number of H-pyrrole nitrogens is 1. The second-order valence-corrected chi connectivity index (χ2v) is 4.52. The number of nitrogens with one attached hydrogen (secondary N) is 1. The molecule has 2 N–H and O–H groups in total. The van der Waals surface area contributed by atoms with E-state index in [-0.39, 0.29) is 12.5 Å². The molecule has 0 bridgehead atoms. The summed E-state index contributed by atoms with van der Waals surface area (Å²) < 4.78 is 0. The molecule has 0 spiro atoms. The summed E-state index contributed by atoms with van der Waals surface area (Å²) in [4.78, 5) is 13.8. The maximum Gasteiger partial charge on any atom is 0.222 e. The number of rotatable bonds is 4. The summed E-state index contributed by atoms with van der Waals surface area (Å²) in [5, 5.41) is 15.7. The highest BCUT2D eigenvalue weighted by Gasteiger charge is 2.24. The molecule has 1 amide bonds. The van der Waals surface area contributed by atoms with E-state index in [1.165, 1.54) is 0 Å². The van der Waals surface area contributed by atoms with Gasteiger partial charge < -0.3 is 10.0 Å². The van der Waals surface area contributed by atoms with Crippen molar-refractivity contribution in [1.29, 1.82) is 0 Å². The SMILES string of the molecule is O=C(CCCO)N1CCCC(c2ccn[nH]2)C1. The molecule has 0 aliphatic carbocycles. The van der Waals surface area contributed by atoms with Crippen LogP contribution in [0.4, 0.5) is 0 Å². The van der Waals surface area contributed by atoms with Gasteiger partial charge in [0.1, 0.15) is 0 Å². The molecule has 0 saturated carbocycles. The number of aromatic amines is 1. The fraction of sp³-hybridized carbons (Fsp3) is 0.667. The van der Waals surface area contributed by atoms with Crippen LogP contribution in [0.3, 0.4) is 0 Å². The number of aliphatic hydroxyl groups excluding tert-OH is 1. The molecular weight excluding hydrogens is 218 g/mol. The van der Waals surface area contributed by atoms with Crippen molar-refractivity contribution in [2.45, 2.75) is 31.6 Å². The first-order valence-corrected chi connectivity index (χ1v) is 6.19. The Morgan fingerprint density at radius 2 is 2.53 bits per heavy atom. The van der Waals surface area contributed by atoms with Crippen molar-refractivity contribution >= 4 is 5.91 Å². The van der Waals surface area contributed by atoms with Gasteiger partial charge in [0.15, 0.2) is 0 Å². The number of hydrogen-bond acceptors (Lipinski definition) is 3. The molecule has 17 heavy (non-hydrogen) atoms. The number of hydrogen-bond donors (Lipinski definition) is 2. The average molecular weight is 237 g/mol. The maximum absolute atomic E-state index is 11.9. The molecule has 1 atom stereocenters. The van der Waals surface area contributed by atoms with Crippen LogP contribution in [-0.2, 0) is 4.79 Å². The molecule has 1 aromatic heterocycles. The average Bonchev–Trinajstić information content (AvgIpc) is 2.90. The number of aromatic nitrogens is 2.